The number of fused-ring (bicyclic) bond motifs is 1. The van der Waals surface area contributed by atoms with E-state index in [2.05, 4.69) is 32.6 Å². The summed E-state index contributed by atoms with van der Waals surface area (Å²) in [6.45, 7) is 0.598. The highest BCUT2D eigenvalue weighted by atomic mass is 79.9. The molecule has 0 spiro atoms. The molecule has 4 heteroatoms. The van der Waals surface area contributed by atoms with E-state index < -0.39 is 0 Å². The first-order valence-electron chi connectivity index (χ1n) is 10.4. The highest BCUT2D eigenvalue weighted by Crippen LogP contribution is 2.40. The maximum Gasteiger partial charge on any atom is 0.195 e. The van der Waals surface area contributed by atoms with Crippen molar-refractivity contribution in [3.63, 3.8) is 0 Å². The zero-order valence-electron chi connectivity index (χ0n) is 17.2. The van der Waals surface area contributed by atoms with Crippen LogP contribution in [0.1, 0.15) is 21.5 Å². The van der Waals surface area contributed by atoms with Crippen molar-refractivity contribution in [2.24, 2.45) is 0 Å². The number of phenols is 1. The van der Waals surface area contributed by atoms with E-state index in [1.807, 2.05) is 84.9 Å². The van der Waals surface area contributed by atoms with Crippen molar-refractivity contribution in [1.29, 1.82) is 0 Å². The minimum Gasteiger partial charge on any atom is -0.507 e. The van der Waals surface area contributed by atoms with Gasteiger partial charge in [-0.1, -0.05) is 91.0 Å². The number of ketones is 1. The third-order valence-corrected chi connectivity index (χ3v) is 6.26. The van der Waals surface area contributed by atoms with Gasteiger partial charge in [-0.25, -0.2) is 0 Å². The second-order valence-corrected chi connectivity index (χ2v) is 8.53. The number of carbonyl (C=O) groups excluding carboxylic acids is 1. The van der Waals surface area contributed by atoms with Crippen molar-refractivity contribution in [1.82, 2.24) is 4.57 Å². The molecule has 0 unspecified atom stereocenters. The predicted octanol–water partition coefficient (Wildman–Crippen LogP) is 7.06. The van der Waals surface area contributed by atoms with Gasteiger partial charge in [-0.3, -0.25) is 4.79 Å². The van der Waals surface area contributed by atoms with Gasteiger partial charge >= 0.3 is 0 Å². The fourth-order valence-corrected chi connectivity index (χ4v) is 4.48. The standard InChI is InChI=1S/C28H20BrNO2/c29-23-17-24-22(16-25(23)31)26(28(32)21-14-8-3-9-15-21)27(20-12-6-2-7-13-20)30(24)18-19-10-4-1-5-11-19/h1-17,31H,18H2. The lowest BCUT2D eigenvalue weighted by atomic mass is 9.97. The Morgan fingerprint density at radius 1 is 0.812 bits per heavy atom. The molecule has 156 valence electrons. The zero-order valence-corrected chi connectivity index (χ0v) is 18.8. The smallest absolute Gasteiger partial charge is 0.195 e. The number of nitrogens with zero attached hydrogens (tertiary/aromatic N) is 1. The molecule has 32 heavy (non-hydrogen) atoms. The van der Waals surface area contributed by atoms with Gasteiger partial charge in [0.25, 0.3) is 0 Å². The molecule has 0 bridgehead atoms. The molecule has 0 radical (unpaired) electrons. The molecule has 4 aromatic carbocycles. The Kier molecular flexibility index (Phi) is 5.38. The Morgan fingerprint density at radius 2 is 1.41 bits per heavy atom. The van der Waals surface area contributed by atoms with Crippen molar-refractivity contribution in [3.8, 4) is 17.0 Å². The van der Waals surface area contributed by atoms with Crippen molar-refractivity contribution in [2.45, 2.75) is 6.54 Å². The van der Waals surface area contributed by atoms with Crippen LogP contribution in [0.4, 0.5) is 0 Å². The number of aromatic nitrogens is 1. The molecule has 0 aliphatic heterocycles. The molecule has 0 aliphatic carbocycles. The van der Waals surface area contributed by atoms with E-state index in [4.69, 9.17) is 0 Å². The Balaban J connectivity index is 1.86. The first kappa shape index (κ1) is 20.3. The van der Waals surface area contributed by atoms with E-state index in [-0.39, 0.29) is 11.5 Å². The van der Waals surface area contributed by atoms with E-state index in [1.165, 1.54) is 0 Å². The maximum atomic E-state index is 13.8. The van der Waals surface area contributed by atoms with Gasteiger partial charge in [0, 0.05) is 17.5 Å². The van der Waals surface area contributed by atoms with Crippen LogP contribution in [0.3, 0.4) is 0 Å². The van der Waals surface area contributed by atoms with Crippen LogP contribution in [0.2, 0.25) is 0 Å². The highest BCUT2D eigenvalue weighted by Gasteiger charge is 2.25. The second kappa shape index (κ2) is 8.48. The monoisotopic (exact) mass is 481 g/mol. The molecule has 5 rings (SSSR count). The van der Waals surface area contributed by atoms with Gasteiger partial charge in [0.1, 0.15) is 5.75 Å². The molecule has 0 saturated heterocycles. The van der Waals surface area contributed by atoms with Crippen LogP contribution in [0.25, 0.3) is 22.2 Å². The number of phenolic OH excluding ortho intramolecular Hbond substituents is 1. The molecule has 1 heterocycles. The van der Waals surface area contributed by atoms with Gasteiger partial charge < -0.3 is 9.67 Å². The van der Waals surface area contributed by atoms with Crippen molar-refractivity contribution in [2.75, 3.05) is 0 Å². The number of benzene rings is 4. The first-order chi connectivity index (χ1) is 15.6. The average Bonchev–Trinajstić information content (AvgIpc) is 3.13. The Morgan fingerprint density at radius 3 is 2.06 bits per heavy atom. The van der Waals surface area contributed by atoms with Crippen LogP contribution >= 0.6 is 15.9 Å². The van der Waals surface area contributed by atoms with Crippen LogP contribution < -0.4 is 0 Å². The molecule has 5 aromatic rings. The van der Waals surface area contributed by atoms with Gasteiger partial charge in [-0.2, -0.15) is 0 Å². The fraction of sp³-hybridized carbons (Fsp3) is 0.0357. The SMILES string of the molecule is O=C(c1ccccc1)c1c(-c2ccccc2)n(Cc2ccccc2)c2cc(Br)c(O)cc12. The van der Waals surface area contributed by atoms with E-state index in [1.54, 1.807) is 6.07 Å². The van der Waals surface area contributed by atoms with E-state index in [0.29, 0.717) is 22.1 Å². The minimum atomic E-state index is -0.0667. The Bertz CT molecular complexity index is 1410. The number of carbonyl (C=O) groups is 1. The van der Waals surface area contributed by atoms with Crippen molar-refractivity contribution in [3.05, 3.63) is 124 Å². The summed E-state index contributed by atoms with van der Waals surface area (Å²) in [4.78, 5) is 13.8. The van der Waals surface area contributed by atoms with Crippen molar-refractivity contribution >= 4 is 32.6 Å². The topological polar surface area (TPSA) is 42.2 Å². The fourth-order valence-electron chi connectivity index (χ4n) is 4.15. The lowest BCUT2D eigenvalue weighted by Crippen LogP contribution is -2.06. The van der Waals surface area contributed by atoms with Gasteiger partial charge in [0.05, 0.1) is 21.2 Å². The van der Waals surface area contributed by atoms with E-state index >= 15 is 0 Å². The number of aromatic hydroxyl groups is 1. The molecule has 0 saturated carbocycles. The van der Waals surface area contributed by atoms with Crippen LogP contribution in [0, 0.1) is 0 Å². The molecular formula is C28H20BrNO2. The van der Waals surface area contributed by atoms with Crippen LogP contribution in [-0.4, -0.2) is 15.5 Å². The summed E-state index contributed by atoms with van der Waals surface area (Å²) in [6, 6.07) is 33.0. The molecule has 1 N–H and O–H groups in total. The summed E-state index contributed by atoms with van der Waals surface area (Å²) in [7, 11) is 0. The lowest BCUT2D eigenvalue weighted by Gasteiger charge is -2.13. The third kappa shape index (κ3) is 3.63. The molecular weight excluding hydrogens is 462 g/mol. The Labute approximate surface area is 194 Å². The maximum absolute atomic E-state index is 13.8. The van der Waals surface area contributed by atoms with Gasteiger partial charge in [0.15, 0.2) is 5.78 Å². The van der Waals surface area contributed by atoms with Crippen LogP contribution in [0.5, 0.6) is 5.75 Å². The number of halogens is 1. The Hall–Kier alpha value is -3.63. The van der Waals surface area contributed by atoms with Crippen LogP contribution in [0.15, 0.2) is 108 Å². The molecule has 0 amide bonds. The van der Waals surface area contributed by atoms with Gasteiger partial charge in [0.2, 0.25) is 0 Å². The van der Waals surface area contributed by atoms with Gasteiger partial charge in [-0.05, 0) is 39.2 Å². The van der Waals surface area contributed by atoms with Gasteiger partial charge in [-0.15, -0.1) is 0 Å². The minimum absolute atomic E-state index is 0.0667. The summed E-state index contributed by atoms with van der Waals surface area (Å²) in [5, 5.41) is 11.2. The molecule has 0 fully saturated rings. The highest BCUT2D eigenvalue weighted by molar-refractivity contribution is 9.10. The first-order valence-corrected chi connectivity index (χ1v) is 11.2. The van der Waals surface area contributed by atoms with E-state index in [0.717, 1.165) is 27.7 Å². The zero-order chi connectivity index (χ0) is 22.1. The second-order valence-electron chi connectivity index (χ2n) is 7.68. The number of hydrogen-bond donors (Lipinski definition) is 1. The molecule has 0 atom stereocenters. The molecule has 0 aliphatic rings. The van der Waals surface area contributed by atoms with Crippen LogP contribution in [-0.2, 0) is 6.54 Å². The summed E-state index contributed by atoms with van der Waals surface area (Å²) >= 11 is 3.46. The molecule has 1 aromatic heterocycles. The summed E-state index contributed by atoms with van der Waals surface area (Å²) in [5.74, 6) is 0.0408. The number of hydrogen-bond acceptors (Lipinski definition) is 2. The lowest BCUT2D eigenvalue weighted by molar-refractivity contribution is 0.104. The average molecular weight is 482 g/mol. The number of rotatable bonds is 5. The normalized spacial score (nSPS) is 11.0. The summed E-state index contributed by atoms with van der Waals surface area (Å²) in [6.07, 6.45) is 0. The largest absolute Gasteiger partial charge is 0.507 e. The third-order valence-electron chi connectivity index (χ3n) is 5.63. The summed E-state index contributed by atoms with van der Waals surface area (Å²) < 4.78 is 2.76. The quantitative estimate of drug-likeness (QED) is 0.273. The van der Waals surface area contributed by atoms with Crippen molar-refractivity contribution < 1.29 is 9.90 Å². The van der Waals surface area contributed by atoms with E-state index in [9.17, 15) is 9.90 Å². The summed E-state index contributed by atoms with van der Waals surface area (Å²) in [5.41, 5.74) is 5.02. The predicted molar refractivity (Wildman–Crippen MR) is 132 cm³/mol. The molecule has 3 nitrogen and oxygen atoms in total.